The second-order valence-corrected chi connectivity index (χ2v) is 8.57. The number of carbonyl (C=O) groups excluding carboxylic acids is 2. The predicted molar refractivity (Wildman–Crippen MR) is 93.3 cm³/mol. The summed E-state index contributed by atoms with van der Waals surface area (Å²) in [6.07, 6.45) is 3.80. The van der Waals surface area contributed by atoms with Crippen LogP contribution in [-0.4, -0.2) is 28.6 Å². The first kappa shape index (κ1) is 19.2. The predicted octanol–water partition coefficient (Wildman–Crippen LogP) is 3.67. The van der Waals surface area contributed by atoms with Crippen molar-refractivity contribution in [2.45, 2.75) is 78.9 Å². The molecule has 0 amide bonds. The van der Waals surface area contributed by atoms with Gasteiger partial charge in [-0.3, -0.25) is 4.79 Å². The van der Waals surface area contributed by atoms with Gasteiger partial charge in [0, 0.05) is 17.9 Å². The molecule has 0 spiro atoms. The van der Waals surface area contributed by atoms with Gasteiger partial charge < -0.3 is 9.84 Å². The van der Waals surface area contributed by atoms with E-state index in [1.807, 2.05) is 0 Å². The lowest BCUT2D eigenvalue weighted by Gasteiger charge is -2.56. The first-order valence-electron chi connectivity index (χ1n) is 9.12. The topological polar surface area (TPSA) is 63.6 Å². The summed E-state index contributed by atoms with van der Waals surface area (Å²) in [4.78, 5) is 24.7. The average molecular weight is 336 g/mol. The van der Waals surface area contributed by atoms with E-state index in [2.05, 4.69) is 20.8 Å². The lowest BCUT2D eigenvalue weighted by Crippen LogP contribution is -2.61. The van der Waals surface area contributed by atoms with Gasteiger partial charge in [0.15, 0.2) is 0 Å². The molecule has 0 aromatic carbocycles. The van der Waals surface area contributed by atoms with Gasteiger partial charge >= 0.3 is 5.97 Å². The molecular formula is C20H32O4. The smallest absolute Gasteiger partial charge is 0.333 e. The Bertz CT molecular complexity index is 546. The van der Waals surface area contributed by atoms with Gasteiger partial charge in [0.25, 0.3) is 0 Å². The van der Waals surface area contributed by atoms with Crippen LogP contribution in [0.15, 0.2) is 11.6 Å². The SMILES string of the molecule is C/C=C(/C)C(=O)O[C@@H]1CC[C@]2(C)CC(=O)[C@@H](C(C)C)C[C@H]2[C@@]1(C)O. The Morgan fingerprint density at radius 3 is 2.54 bits per heavy atom. The Balaban J connectivity index is 2.25. The molecule has 2 rings (SSSR count). The highest BCUT2D eigenvalue weighted by Crippen LogP contribution is 2.55. The lowest BCUT2D eigenvalue weighted by molar-refractivity contribution is -0.204. The molecule has 0 radical (unpaired) electrons. The van der Waals surface area contributed by atoms with Crippen molar-refractivity contribution >= 4 is 11.8 Å². The molecule has 1 N–H and O–H groups in total. The molecule has 0 heterocycles. The van der Waals surface area contributed by atoms with Crippen molar-refractivity contribution in [2.24, 2.45) is 23.2 Å². The summed E-state index contributed by atoms with van der Waals surface area (Å²) in [5, 5.41) is 11.3. The largest absolute Gasteiger partial charge is 0.456 e. The van der Waals surface area contributed by atoms with E-state index < -0.39 is 11.7 Å². The van der Waals surface area contributed by atoms with Crippen LogP contribution in [0.1, 0.15) is 67.2 Å². The number of ketones is 1. The zero-order valence-electron chi connectivity index (χ0n) is 15.9. The summed E-state index contributed by atoms with van der Waals surface area (Å²) in [5.41, 5.74) is -0.757. The van der Waals surface area contributed by atoms with Crippen molar-refractivity contribution in [2.75, 3.05) is 0 Å². The van der Waals surface area contributed by atoms with Gasteiger partial charge in [-0.15, -0.1) is 0 Å². The molecule has 0 bridgehead atoms. The Kier molecular flexibility index (Phi) is 5.29. The molecule has 4 nitrogen and oxygen atoms in total. The van der Waals surface area contributed by atoms with Crippen molar-refractivity contribution in [3.05, 3.63) is 11.6 Å². The molecule has 2 fully saturated rings. The van der Waals surface area contributed by atoms with Gasteiger partial charge in [-0.2, -0.15) is 0 Å². The van der Waals surface area contributed by atoms with E-state index in [9.17, 15) is 14.7 Å². The van der Waals surface area contributed by atoms with Gasteiger partial charge in [0.05, 0.1) is 0 Å². The number of ether oxygens (including phenoxy) is 1. The molecular weight excluding hydrogens is 304 g/mol. The fraction of sp³-hybridized carbons (Fsp3) is 0.800. The van der Waals surface area contributed by atoms with Crippen LogP contribution in [0.25, 0.3) is 0 Å². The molecule has 2 aliphatic carbocycles. The summed E-state index contributed by atoms with van der Waals surface area (Å²) in [5.74, 6) is 0.179. The standard InChI is InChI=1S/C20H32O4/c1-7-13(4)18(22)24-17-8-9-19(5)11-15(21)14(12(2)3)10-16(19)20(17,6)23/h7,12,14,16-17,23H,8-11H2,1-6H3/b13-7-/t14-,16-,17-,19-,20-/m1/s1. The molecule has 4 heteroatoms. The number of aliphatic hydroxyl groups is 1. The molecule has 0 unspecified atom stereocenters. The minimum absolute atomic E-state index is 0.0127. The Morgan fingerprint density at radius 2 is 2.00 bits per heavy atom. The monoisotopic (exact) mass is 336 g/mol. The second kappa shape index (κ2) is 6.62. The molecule has 0 aliphatic heterocycles. The van der Waals surface area contributed by atoms with E-state index >= 15 is 0 Å². The van der Waals surface area contributed by atoms with E-state index in [1.54, 1.807) is 26.8 Å². The van der Waals surface area contributed by atoms with Crippen molar-refractivity contribution in [1.29, 1.82) is 0 Å². The summed E-state index contributed by atoms with van der Waals surface area (Å²) < 4.78 is 5.63. The highest BCUT2D eigenvalue weighted by Gasteiger charge is 2.58. The zero-order valence-corrected chi connectivity index (χ0v) is 15.9. The second-order valence-electron chi connectivity index (χ2n) is 8.57. The Morgan fingerprint density at radius 1 is 1.38 bits per heavy atom. The van der Waals surface area contributed by atoms with Gasteiger partial charge in [-0.25, -0.2) is 4.79 Å². The molecule has 2 saturated carbocycles. The summed E-state index contributed by atoms with van der Waals surface area (Å²) in [6.45, 7) is 11.5. The highest BCUT2D eigenvalue weighted by atomic mass is 16.6. The summed E-state index contributed by atoms with van der Waals surface area (Å²) in [7, 11) is 0. The molecule has 0 saturated heterocycles. The molecule has 5 atom stereocenters. The van der Waals surface area contributed by atoms with Gasteiger partial charge in [0.1, 0.15) is 17.5 Å². The van der Waals surface area contributed by atoms with E-state index in [1.165, 1.54) is 0 Å². The number of allylic oxidation sites excluding steroid dienone is 1. The third-order valence-electron chi connectivity index (χ3n) is 6.47. The van der Waals surface area contributed by atoms with Crippen LogP contribution in [0, 0.1) is 23.2 Å². The lowest BCUT2D eigenvalue weighted by atomic mass is 9.51. The maximum atomic E-state index is 12.5. The van der Waals surface area contributed by atoms with Gasteiger partial charge in [0.2, 0.25) is 0 Å². The zero-order chi connectivity index (χ0) is 18.3. The van der Waals surface area contributed by atoms with E-state index in [0.717, 1.165) is 6.42 Å². The molecule has 2 aliphatic rings. The van der Waals surface area contributed by atoms with Gasteiger partial charge in [-0.1, -0.05) is 26.8 Å². The van der Waals surface area contributed by atoms with Crippen molar-refractivity contribution < 1.29 is 19.4 Å². The van der Waals surface area contributed by atoms with Crippen LogP contribution >= 0.6 is 0 Å². The molecule has 0 aromatic heterocycles. The number of hydrogen-bond acceptors (Lipinski definition) is 4. The van der Waals surface area contributed by atoms with Crippen LogP contribution in [0.2, 0.25) is 0 Å². The normalized spacial score (nSPS) is 40.4. The van der Waals surface area contributed by atoms with Crippen LogP contribution in [0.3, 0.4) is 0 Å². The number of fused-ring (bicyclic) bond motifs is 1. The molecule has 24 heavy (non-hydrogen) atoms. The third kappa shape index (κ3) is 3.30. The highest BCUT2D eigenvalue weighted by molar-refractivity contribution is 5.87. The Labute approximate surface area is 145 Å². The van der Waals surface area contributed by atoms with Crippen LogP contribution in [0.4, 0.5) is 0 Å². The maximum Gasteiger partial charge on any atom is 0.333 e. The first-order chi connectivity index (χ1) is 11.0. The fourth-order valence-corrected chi connectivity index (χ4v) is 4.67. The summed E-state index contributed by atoms with van der Waals surface area (Å²) in [6, 6.07) is 0. The van der Waals surface area contributed by atoms with Crippen molar-refractivity contribution in [3.63, 3.8) is 0 Å². The third-order valence-corrected chi connectivity index (χ3v) is 6.47. The van der Waals surface area contributed by atoms with E-state index in [4.69, 9.17) is 4.74 Å². The quantitative estimate of drug-likeness (QED) is 0.631. The average Bonchev–Trinajstić information content (AvgIpc) is 2.48. The maximum absolute atomic E-state index is 12.5. The first-order valence-corrected chi connectivity index (χ1v) is 9.12. The Hall–Kier alpha value is -1.16. The van der Waals surface area contributed by atoms with Crippen LogP contribution in [-0.2, 0) is 14.3 Å². The van der Waals surface area contributed by atoms with Gasteiger partial charge in [-0.05, 0) is 57.3 Å². The van der Waals surface area contributed by atoms with Crippen LogP contribution in [0.5, 0.6) is 0 Å². The minimum atomic E-state index is -1.11. The van der Waals surface area contributed by atoms with E-state index in [0.29, 0.717) is 30.6 Å². The fourth-order valence-electron chi connectivity index (χ4n) is 4.67. The molecule has 0 aromatic rings. The summed E-state index contributed by atoms with van der Waals surface area (Å²) >= 11 is 0. The number of hydrogen-bond donors (Lipinski definition) is 1. The number of carbonyl (C=O) groups is 2. The number of Topliss-reactive ketones (excluding diaryl/α,β-unsaturated/α-hetero) is 1. The number of esters is 1. The minimum Gasteiger partial charge on any atom is -0.456 e. The molecule has 136 valence electrons. The van der Waals surface area contributed by atoms with E-state index in [-0.39, 0.29) is 29.1 Å². The van der Waals surface area contributed by atoms with Crippen LogP contribution < -0.4 is 0 Å². The number of rotatable bonds is 3. The van der Waals surface area contributed by atoms with Crippen molar-refractivity contribution in [3.8, 4) is 0 Å². The van der Waals surface area contributed by atoms with Crippen molar-refractivity contribution in [1.82, 2.24) is 0 Å².